The second-order valence-corrected chi connectivity index (χ2v) is 6.09. The summed E-state index contributed by atoms with van der Waals surface area (Å²) >= 11 is 5.12. The highest BCUT2D eigenvalue weighted by atomic mass is 32.1. The Kier molecular flexibility index (Phi) is 6.22. The molecule has 0 unspecified atom stereocenters. The summed E-state index contributed by atoms with van der Waals surface area (Å²) in [7, 11) is 0. The summed E-state index contributed by atoms with van der Waals surface area (Å²) in [6.45, 7) is 4.11. The van der Waals surface area contributed by atoms with Gasteiger partial charge in [0.1, 0.15) is 12.4 Å². The van der Waals surface area contributed by atoms with Crippen LogP contribution in [0.25, 0.3) is 10.9 Å². The number of rotatable bonds is 7. The molecule has 0 bridgehead atoms. The van der Waals surface area contributed by atoms with E-state index >= 15 is 0 Å². The first-order chi connectivity index (χ1) is 12.8. The molecule has 1 aromatic heterocycles. The summed E-state index contributed by atoms with van der Waals surface area (Å²) in [5, 5.41) is 8.89. The van der Waals surface area contributed by atoms with E-state index in [-0.39, 0.29) is 0 Å². The van der Waals surface area contributed by atoms with Crippen molar-refractivity contribution in [2.24, 2.45) is 5.10 Å². The summed E-state index contributed by atoms with van der Waals surface area (Å²) in [4.78, 5) is 0. The van der Waals surface area contributed by atoms with Crippen molar-refractivity contribution in [3.8, 4) is 5.75 Å². The number of hydrogen-bond acceptors (Lipinski definition) is 3. The minimum absolute atomic E-state index is 0.517. The molecule has 0 radical (unpaired) electrons. The molecule has 1 heterocycles. The molecule has 0 amide bonds. The van der Waals surface area contributed by atoms with E-state index in [9.17, 15) is 0 Å². The molecule has 134 valence electrons. The Hall–Kier alpha value is -2.86. The Morgan fingerprint density at radius 2 is 1.92 bits per heavy atom. The van der Waals surface area contributed by atoms with E-state index in [2.05, 4.69) is 38.7 Å². The number of aromatic nitrogens is 1. The van der Waals surface area contributed by atoms with Gasteiger partial charge in [-0.1, -0.05) is 36.4 Å². The zero-order valence-electron chi connectivity index (χ0n) is 14.7. The van der Waals surface area contributed by atoms with Crippen LogP contribution in [0, 0.1) is 0 Å². The van der Waals surface area contributed by atoms with Gasteiger partial charge in [0, 0.05) is 29.2 Å². The Morgan fingerprint density at radius 3 is 2.73 bits per heavy atom. The van der Waals surface area contributed by atoms with Gasteiger partial charge in [0.25, 0.3) is 0 Å². The monoisotopic (exact) mass is 366 g/mol. The molecule has 3 aromatic rings. The van der Waals surface area contributed by atoms with Crippen LogP contribution in [-0.4, -0.2) is 29.0 Å². The third-order valence-corrected chi connectivity index (χ3v) is 4.11. The SMILES string of the molecule is CCNC(=S)N/N=C/c1cn(CCOc2ccccc2)c2ccccc12. The molecule has 0 aliphatic carbocycles. The number of fused-ring (bicyclic) bond motifs is 1. The zero-order valence-corrected chi connectivity index (χ0v) is 15.5. The first-order valence-electron chi connectivity index (χ1n) is 8.60. The Labute approximate surface area is 158 Å². The van der Waals surface area contributed by atoms with Gasteiger partial charge in [0.15, 0.2) is 5.11 Å². The van der Waals surface area contributed by atoms with E-state index in [0.29, 0.717) is 11.7 Å². The molecule has 0 fully saturated rings. The smallest absolute Gasteiger partial charge is 0.186 e. The van der Waals surface area contributed by atoms with Crippen molar-refractivity contribution in [3.05, 3.63) is 66.4 Å². The molecule has 0 aliphatic rings. The van der Waals surface area contributed by atoms with Gasteiger partial charge in [0.05, 0.1) is 12.8 Å². The van der Waals surface area contributed by atoms with Crippen LogP contribution in [0.15, 0.2) is 65.9 Å². The summed E-state index contributed by atoms with van der Waals surface area (Å²) in [6.07, 6.45) is 3.88. The molecule has 2 aromatic carbocycles. The number of hydrazone groups is 1. The summed E-state index contributed by atoms with van der Waals surface area (Å²) < 4.78 is 8.00. The van der Waals surface area contributed by atoms with Crippen molar-refractivity contribution in [1.29, 1.82) is 0 Å². The summed E-state index contributed by atoms with van der Waals surface area (Å²) in [6, 6.07) is 18.1. The highest BCUT2D eigenvalue weighted by molar-refractivity contribution is 7.80. The minimum atomic E-state index is 0.517. The maximum absolute atomic E-state index is 5.82. The average molecular weight is 366 g/mol. The van der Waals surface area contributed by atoms with E-state index in [1.165, 1.54) is 0 Å². The minimum Gasteiger partial charge on any atom is -0.492 e. The number of hydrogen-bond donors (Lipinski definition) is 2. The van der Waals surface area contributed by atoms with Gasteiger partial charge in [-0.15, -0.1) is 0 Å². The Morgan fingerprint density at radius 1 is 1.15 bits per heavy atom. The highest BCUT2D eigenvalue weighted by Gasteiger charge is 2.06. The predicted molar refractivity (Wildman–Crippen MR) is 111 cm³/mol. The van der Waals surface area contributed by atoms with Crippen LogP contribution in [0.1, 0.15) is 12.5 Å². The second kappa shape index (κ2) is 9.01. The van der Waals surface area contributed by atoms with E-state index in [1.54, 1.807) is 6.21 Å². The van der Waals surface area contributed by atoms with Gasteiger partial charge in [-0.2, -0.15) is 5.10 Å². The van der Waals surface area contributed by atoms with Crippen molar-refractivity contribution in [1.82, 2.24) is 15.3 Å². The fraction of sp³-hybridized carbons (Fsp3) is 0.200. The summed E-state index contributed by atoms with van der Waals surface area (Å²) in [5.74, 6) is 0.881. The molecule has 0 atom stereocenters. The third-order valence-electron chi connectivity index (χ3n) is 3.87. The lowest BCUT2D eigenvalue weighted by atomic mass is 10.2. The predicted octanol–water partition coefficient (Wildman–Crippen LogP) is 3.54. The molecule has 3 rings (SSSR count). The molecule has 0 saturated heterocycles. The number of ether oxygens (including phenoxy) is 1. The molecule has 0 saturated carbocycles. The fourth-order valence-corrected chi connectivity index (χ4v) is 2.90. The largest absolute Gasteiger partial charge is 0.492 e. The van der Waals surface area contributed by atoms with Gasteiger partial charge < -0.3 is 14.6 Å². The van der Waals surface area contributed by atoms with Gasteiger partial charge in [-0.05, 0) is 37.3 Å². The van der Waals surface area contributed by atoms with Crippen LogP contribution in [-0.2, 0) is 6.54 Å². The first kappa shape index (κ1) is 17.9. The molecule has 26 heavy (non-hydrogen) atoms. The van der Waals surface area contributed by atoms with Crippen LogP contribution < -0.4 is 15.5 Å². The Bertz CT molecular complexity index is 889. The maximum Gasteiger partial charge on any atom is 0.186 e. The molecule has 2 N–H and O–H groups in total. The normalized spacial score (nSPS) is 11.0. The molecular formula is C20H22N4OS. The molecule has 5 nitrogen and oxygen atoms in total. The van der Waals surface area contributed by atoms with Gasteiger partial charge in [-0.3, -0.25) is 5.43 Å². The van der Waals surface area contributed by atoms with Crippen molar-refractivity contribution >= 4 is 34.4 Å². The van der Waals surface area contributed by atoms with Crippen LogP contribution in [0.2, 0.25) is 0 Å². The molecule has 6 heteroatoms. The standard InChI is InChI=1S/C20H22N4OS/c1-2-21-20(26)23-22-14-16-15-24(19-11-7-6-10-18(16)19)12-13-25-17-8-4-3-5-9-17/h3-11,14-15H,2,12-13H2,1H3,(H2,21,23,26)/b22-14+. The number of thiocarbonyl (C=S) groups is 1. The Balaban J connectivity index is 1.70. The van der Waals surface area contributed by atoms with Gasteiger partial charge >= 0.3 is 0 Å². The maximum atomic E-state index is 5.82. The number of nitrogens with zero attached hydrogens (tertiary/aromatic N) is 2. The van der Waals surface area contributed by atoms with Crippen LogP contribution >= 0.6 is 12.2 Å². The molecule has 0 aliphatic heterocycles. The lowest BCUT2D eigenvalue weighted by Gasteiger charge is -2.08. The fourth-order valence-electron chi connectivity index (χ4n) is 2.70. The van der Waals surface area contributed by atoms with E-state index in [4.69, 9.17) is 17.0 Å². The average Bonchev–Trinajstić information content (AvgIpc) is 3.01. The lowest BCUT2D eigenvalue weighted by molar-refractivity contribution is 0.300. The number of benzene rings is 2. The quantitative estimate of drug-likeness (QED) is 0.381. The van der Waals surface area contributed by atoms with Crippen molar-refractivity contribution < 1.29 is 4.74 Å². The van der Waals surface area contributed by atoms with Crippen LogP contribution in [0.3, 0.4) is 0 Å². The van der Waals surface area contributed by atoms with Crippen molar-refractivity contribution in [2.45, 2.75) is 13.5 Å². The van der Waals surface area contributed by atoms with Crippen molar-refractivity contribution in [2.75, 3.05) is 13.2 Å². The van der Waals surface area contributed by atoms with Crippen LogP contribution in [0.5, 0.6) is 5.75 Å². The van der Waals surface area contributed by atoms with Gasteiger partial charge in [0.2, 0.25) is 0 Å². The lowest BCUT2D eigenvalue weighted by Crippen LogP contribution is -2.31. The zero-order chi connectivity index (χ0) is 18.2. The summed E-state index contributed by atoms with van der Waals surface area (Å²) in [5.41, 5.74) is 5.01. The van der Waals surface area contributed by atoms with E-state index < -0.39 is 0 Å². The molecular weight excluding hydrogens is 344 g/mol. The van der Waals surface area contributed by atoms with Gasteiger partial charge in [-0.25, -0.2) is 0 Å². The topological polar surface area (TPSA) is 50.6 Å². The second-order valence-electron chi connectivity index (χ2n) is 5.69. The number of nitrogens with one attached hydrogen (secondary N) is 2. The third kappa shape index (κ3) is 4.61. The van der Waals surface area contributed by atoms with Crippen LogP contribution in [0.4, 0.5) is 0 Å². The van der Waals surface area contributed by atoms with E-state index in [0.717, 1.165) is 35.3 Å². The van der Waals surface area contributed by atoms with E-state index in [1.807, 2.05) is 49.4 Å². The molecule has 0 spiro atoms. The van der Waals surface area contributed by atoms with Crippen molar-refractivity contribution in [3.63, 3.8) is 0 Å². The first-order valence-corrected chi connectivity index (χ1v) is 9.01. The number of para-hydroxylation sites is 2. The highest BCUT2D eigenvalue weighted by Crippen LogP contribution is 2.20.